The quantitative estimate of drug-likeness (QED) is 0.812. The molecule has 4 rings (SSSR count). The van der Waals surface area contributed by atoms with Gasteiger partial charge in [-0.05, 0) is 24.2 Å². The van der Waals surface area contributed by atoms with E-state index in [-0.39, 0.29) is 11.8 Å². The zero-order valence-corrected chi connectivity index (χ0v) is 15.5. The number of aromatic nitrogens is 2. The molecule has 1 atom stereocenters. The minimum Gasteiger partial charge on any atom is -0.368 e. The number of hydrogen-bond acceptors (Lipinski definition) is 5. The van der Waals surface area contributed by atoms with Crippen LogP contribution in [0.25, 0.3) is 0 Å². The summed E-state index contributed by atoms with van der Waals surface area (Å²) in [5.41, 5.74) is 0.499. The smallest absolute Gasteiger partial charge is 0.257 e. The van der Waals surface area contributed by atoms with Gasteiger partial charge in [-0.15, -0.1) is 0 Å². The highest BCUT2D eigenvalue weighted by atomic mass is 16.5. The summed E-state index contributed by atoms with van der Waals surface area (Å²) in [5, 5.41) is 0. The molecule has 1 aromatic heterocycles. The van der Waals surface area contributed by atoms with Gasteiger partial charge in [0.25, 0.3) is 5.91 Å². The molecule has 1 aromatic rings. The van der Waals surface area contributed by atoms with E-state index < -0.39 is 5.60 Å². The molecule has 3 heterocycles. The molecular formula is C19H26N4O3. The lowest BCUT2D eigenvalue weighted by molar-refractivity contribution is -0.180. The number of hydrogen-bond donors (Lipinski definition) is 0. The Morgan fingerprint density at radius 2 is 1.85 bits per heavy atom. The zero-order chi connectivity index (χ0) is 18.4. The lowest BCUT2D eigenvalue weighted by Gasteiger charge is -2.53. The van der Waals surface area contributed by atoms with E-state index in [0.717, 1.165) is 6.42 Å². The van der Waals surface area contributed by atoms with Crippen LogP contribution in [0.5, 0.6) is 0 Å². The molecule has 3 aliphatic rings. The third kappa shape index (κ3) is 3.32. The molecule has 1 unspecified atom stereocenters. The van der Waals surface area contributed by atoms with Crippen molar-refractivity contribution in [1.29, 1.82) is 0 Å². The minimum atomic E-state index is -0.405. The first kappa shape index (κ1) is 17.4. The Labute approximate surface area is 153 Å². The normalized spacial score (nSPS) is 25.7. The molecule has 0 N–H and O–H groups in total. The Kier molecular flexibility index (Phi) is 4.22. The second kappa shape index (κ2) is 6.30. The molecule has 26 heavy (non-hydrogen) atoms. The number of morpholine rings is 1. The van der Waals surface area contributed by atoms with Crippen molar-refractivity contribution in [3.8, 4) is 0 Å². The molecule has 1 spiro atoms. The van der Waals surface area contributed by atoms with Crippen LogP contribution in [0.4, 0.5) is 0 Å². The van der Waals surface area contributed by atoms with Gasteiger partial charge >= 0.3 is 0 Å². The number of rotatable bonds is 4. The monoisotopic (exact) mass is 358 g/mol. The van der Waals surface area contributed by atoms with Crippen molar-refractivity contribution in [2.45, 2.75) is 38.7 Å². The maximum absolute atomic E-state index is 12.6. The maximum Gasteiger partial charge on any atom is 0.257 e. The van der Waals surface area contributed by atoms with Crippen LogP contribution >= 0.6 is 0 Å². The van der Waals surface area contributed by atoms with Crippen LogP contribution in [0.15, 0.2) is 18.7 Å². The number of amides is 2. The third-order valence-corrected chi connectivity index (χ3v) is 6.08. The summed E-state index contributed by atoms with van der Waals surface area (Å²) in [4.78, 5) is 36.4. The topological polar surface area (TPSA) is 75.6 Å². The number of nitrogens with zero attached hydrogens (tertiary/aromatic N) is 4. The van der Waals surface area contributed by atoms with Crippen LogP contribution in [0, 0.1) is 11.3 Å². The van der Waals surface area contributed by atoms with Gasteiger partial charge < -0.3 is 14.5 Å². The van der Waals surface area contributed by atoms with Crippen molar-refractivity contribution in [2.75, 3.05) is 32.8 Å². The van der Waals surface area contributed by atoms with Crippen molar-refractivity contribution in [1.82, 2.24) is 19.8 Å². The molecule has 7 heteroatoms. The Morgan fingerprint density at radius 1 is 1.19 bits per heavy atom. The van der Waals surface area contributed by atoms with E-state index in [1.807, 2.05) is 4.90 Å². The van der Waals surface area contributed by atoms with Crippen LogP contribution in [0.3, 0.4) is 0 Å². The van der Waals surface area contributed by atoms with E-state index in [1.54, 1.807) is 4.90 Å². The number of likely N-dealkylation sites (tertiary alicyclic amines) is 1. The largest absolute Gasteiger partial charge is 0.368 e. The molecular weight excluding hydrogens is 332 g/mol. The molecule has 2 amide bonds. The van der Waals surface area contributed by atoms with Crippen LogP contribution < -0.4 is 0 Å². The number of carbonyl (C=O) groups is 2. The summed E-state index contributed by atoms with van der Waals surface area (Å²) in [5.74, 6) is 0.821. The molecule has 0 aromatic carbocycles. The molecule has 0 radical (unpaired) electrons. The Bertz CT molecular complexity index is 700. The summed E-state index contributed by atoms with van der Waals surface area (Å²) in [7, 11) is 0. The van der Waals surface area contributed by atoms with Crippen molar-refractivity contribution in [2.24, 2.45) is 11.3 Å². The predicted octanol–water partition coefficient (Wildman–Crippen LogP) is 1.36. The van der Waals surface area contributed by atoms with Crippen LogP contribution in [0.2, 0.25) is 0 Å². The fraction of sp³-hybridized carbons (Fsp3) is 0.684. The summed E-state index contributed by atoms with van der Waals surface area (Å²) in [6.45, 7) is 7.33. The van der Waals surface area contributed by atoms with E-state index in [2.05, 4.69) is 23.8 Å². The van der Waals surface area contributed by atoms with Gasteiger partial charge in [-0.25, -0.2) is 9.97 Å². The molecule has 0 bridgehead atoms. The van der Waals surface area contributed by atoms with E-state index in [0.29, 0.717) is 56.1 Å². The van der Waals surface area contributed by atoms with Crippen molar-refractivity contribution >= 4 is 11.8 Å². The first-order valence-electron chi connectivity index (χ1n) is 9.35. The molecule has 3 fully saturated rings. The fourth-order valence-electron chi connectivity index (χ4n) is 4.16. The Balaban J connectivity index is 1.29. The molecule has 1 aliphatic carbocycles. The average molecular weight is 358 g/mol. The highest BCUT2D eigenvalue weighted by Gasteiger charge is 2.50. The van der Waals surface area contributed by atoms with Crippen molar-refractivity contribution < 1.29 is 14.3 Å². The molecule has 1 saturated carbocycles. The lowest BCUT2D eigenvalue weighted by Crippen LogP contribution is -2.71. The van der Waals surface area contributed by atoms with Gasteiger partial charge in [-0.3, -0.25) is 9.59 Å². The van der Waals surface area contributed by atoms with Crippen LogP contribution in [-0.4, -0.2) is 70.0 Å². The fourth-order valence-corrected chi connectivity index (χ4v) is 4.16. The average Bonchev–Trinajstić information content (AvgIpc) is 3.24. The first-order valence-corrected chi connectivity index (χ1v) is 9.35. The SMILES string of the molecule is CC1(C)CC1CCC(=O)N1CCOC2(C1)CN(C(=O)c1cncnc1)C2. The standard InChI is InChI=1S/C19H26N4O3/c1-18(2)7-15(18)3-4-16(24)22-5-6-26-19(10-22)11-23(12-19)17(25)14-8-20-13-21-9-14/h8-9,13,15H,3-7,10-12H2,1-2H3. The number of carbonyl (C=O) groups excluding carboxylic acids is 2. The zero-order valence-electron chi connectivity index (χ0n) is 15.5. The molecule has 7 nitrogen and oxygen atoms in total. The second-order valence-electron chi connectivity index (χ2n) is 8.56. The first-order chi connectivity index (χ1) is 12.4. The van der Waals surface area contributed by atoms with Gasteiger partial charge in [-0.1, -0.05) is 13.8 Å². The van der Waals surface area contributed by atoms with Crippen LogP contribution in [0.1, 0.15) is 43.5 Å². The Morgan fingerprint density at radius 3 is 2.50 bits per heavy atom. The molecule has 140 valence electrons. The summed E-state index contributed by atoms with van der Waals surface area (Å²) in [6, 6.07) is 0. The van der Waals surface area contributed by atoms with E-state index >= 15 is 0 Å². The Hall–Kier alpha value is -2.02. The molecule has 2 aliphatic heterocycles. The van der Waals surface area contributed by atoms with E-state index in [9.17, 15) is 9.59 Å². The van der Waals surface area contributed by atoms with Gasteiger partial charge in [0, 0.05) is 25.4 Å². The van der Waals surface area contributed by atoms with Gasteiger partial charge in [0.05, 0.1) is 31.8 Å². The van der Waals surface area contributed by atoms with E-state index in [1.165, 1.54) is 25.1 Å². The predicted molar refractivity (Wildman–Crippen MR) is 94.3 cm³/mol. The highest BCUT2D eigenvalue weighted by Crippen LogP contribution is 2.54. The summed E-state index contributed by atoms with van der Waals surface area (Å²) < 4.78 is 5.95. The summed E-state index contributed by atoms with van der Waals surface area (Å²) in [6.07, 6.45) is 7.29. The van der Waals surface area contributed by atoms with Gasteiger partial charge in [0.2, 0.25) is 5.91 Å². The number of ether oxygens (including phenoxy) is 1. The van der Waals surface area contributed by atoms with Crippen molar-refractivity contribution in [3.05, 3.63) is 24.3 Å². The maximum atomic E-state index is 12.6. The minimum absolute atomic E-state index is 0.0840. The van der Waals surface area contributed by atoms with E-state index in [4.69, 9.17) is 4.74 Å². The van der Waals surface area contributed by atoms with Gasteiger partial charge in [-0.2, -0.15) is 0 Å². The highest BCUT2D eigenvalue weighted by molar-refractivity contribution is 5.94. The second-order valence-corrected chi connectivity index (χ2v) is 8.56. The van der Waals surface area contributed by atoms with Crippen molar-refractivity contribution in [3.63, 3.8) is 0 Å². The molecule has 2 saturated heterocycles. The lowest BCUT2D eigenvalue weighted by atomic mass is 9.91. The van der Waals surface area contributed by atoms with Gasteiger partial charge in [0.1, 0.15) is 11.9 Å². The van der Waals surface area contributed by atoms with Gasteiger partial charge in [0.15, 0.2) is 0 Å². The summed E-state index contributed by atoms with van der Waals surface area (Å²) >= 11 is 0. The third-order valence-electron chi connectivity index (χ3n) is 6.08. The van der Waals surface area contributed by atoms with Crippen LogP contribution in [-0.2, 0) is 9.53 Å².